The van der Waals surface area contributed by atoms with Gasteiger partial charge >= 0.3 is 0 Å². The van der Waals surface area contributed by atoms with E-state index in [9.17, 15) is 0 Å². The molecule has 116 valence electrons. The van der Waals surface area contributed by atoms with Crippen LogP contribution < -0.4 is 14.8 Å². The number of methoxy groups -OCH3 is 1. The standard InChI is InChI=1S/C19H18N2O2/c1-22-16-9-11-18(12-10-16)23-17-7-5-15(6-8-17)14-21-19-4-2-3-13-20-19/h2-13H,14H2,1H3,(H,20,21). The molecule has 1 heterocycles. The summed E-state index contributed by atoms with van der Waals surface area (Å²) >= 11 is 0. The second-order valence-electron chi connectivity index (χ2n) is 4.99. The van der Waals surface area contributed by atoms with E-state index < -0.39 is 0 Å². The first kappa shape index (κ1) is 14.9. The van der Waals surface area contributed by atoms with Crippen LogP contribution in [0.1, 0.15) is 5.56 Å². The van der Waals surface area contributed by atoms with Gasteiger partial charge < -0.3 is 14.8 Å². The molecule has 0 unspecified atom stereocenters. The highest BCUT2D eigenvalue weighted by atomic mass is 16.5. The number of pyridine rings is 1. The average molecular weight is 306 g/mol. The molecule has 0 saturated heterocycles. The van der Waals surface area contributed by atoms with Crippen LogP contribution in [0.4, 0.5) is 5.82 Å². The molecule has 0 fully saturated rings. The minimum Gasteiger partial charge on any atom is -0.497 e. The summed E-state index contributed by atoms with van der Waals surface area (Å²) in [6, 6.07) is 21.3. The SMILES string of the molecule is COc1ccc(Oc2ccc(CNc3ccccn3)cc2)cc1. The lowest BCUT2D eigenvalue weighted by molar-refractivity contribution is 0.413. The monoisotopic (exact) mass is 306 g/mol. The molecule has 0 radical (unpaired) electrons. The van der Waals surface area contributed by atoms with E-state index in [1.54, 1.807) is 13.3 Å². The first-order valence-corrected chi connectivity index (χ1v) is 7.39. The summed E-state index contributed by atoms with van der Waals surface area (Å²) < 4.78 is 10.9. The number of nitrogens with one attached hydrogen (secondary N) is 1. The fourth-order valence-electron chi connectivity index (χ4n) is 2.12. The second-order valence-corrected chi connectivity index (χ2v) is 4.99. The highest BCUT2D eigenvalue weighted by Crippen LogP contribution is 2.24. The second kappa shape index (κ2) is 7.31. The van der Waals surface area contributed by atoms with Crippen molar-refractivity contribution in [3.63, 3.8) is 0 Å². The highest BCUT2D eigenvalue weighted by Gasteiger charge is 1.99. The third-order valence-electron chi connectivity index (χ3n) is 3.36. The molecule has 0 bridgehead atoms. The molecule has 1 N–H and O–H groups in total. The Hall–Kier alpha value is -3.01. The fourth-order valence-corrected chi connectivity index (χ4v) is 2.12. The Morgan fingerprint density at radius 3 is 2.09 bits per heavy atom. The Balaban J connectivity index is 1.58. The van der Waals surface area contributed by atoms with Crippen LogP contribution in [0.5, 0.6) is 17.2 Å². The van der Waals surface area contributed by atoms with Crippen LogP contribution in [0.15, 0.2) is 72.9 Å². The van der Waals surface area contributed by atoms with Crippen molar-refractivity contribution in [2.45, 2.75) is 6.54 Å². The fraction of sp³-hybridized carbons (Fsp3) is 0.105. The lowest BCUT2D eigenvalue weighted by Crippen LogP contribution is -2.00. The zero-order chi connectivity index (χ0) is 15.9. The van der Waals surface area contributed by atoms with Gasteiger partial charge in [0.2, 0.25) is 0 Å². The number of hydrogen-bond donors (Lipinski definition) is 1. The van der Waals surface area contributed by atoms with Crippen LogP contribution in [0.2, 0.25) is 0 Å². The normalized spacial score (nSPS) is 10.1. The van der Waals surface area contributed by atoms with Gasteiger partial charge in [-0.15, -0.1) is 0 Å². The van der Waals surface area contributed by atoms with Crippen molar-refractivity contribution in [2.24, 2.45) is 0 Å². The minimum absolute atomic E-state index is 0.722. The maximum absolute atomic E-state index is 5.81. The summed E-state index contributed by atoms with van der Waals surface area (Å²) in [6.07, 6.45) is 1.77. The van der Waals surface area contributed by atoms with Crippen LogP contribution in [-0.4, -0.2) is 12.1 Å². The number of rotatable bonds is 6. The Morgan fingerprint density at radius 2 is 1.48 bits per heavy atom. The molecule has 23 heavy (non-hydrogen) atoms. The van der Waals surface area contributed by atoms with Gasteiger partial charge in [-0.05, 0) is 54.1 Å². The molecule has 4 heteroatoms. The van der Waals surface area contributed by atoms with Gasteiger partial charge in [0.25, 0.3) is 0 Å². The molecule has 1 aromatic heterocycles. The van der Waals surface area contributed by atoms with Gasteiger partial charge in [0.1, 0.15) is 23.1 Å². The molecule has 2 aromatic carbocycles. The number of benzene rings is 2. The number of ether oxygens (including phenoxy) is 2. The molecule has 0 amide bonds. The van der Waals surface area contributed by atoms with E-state index in [1.165, 1.54) is 0 Å². The Morgan fingerprint density at radius 1 is 0.826 bits per heavy atom. The van der Waals surface area contributed by atoms with E-state index in [-0.39, 0.29) is 0 Å². The first-order valence-electron chi connectivity index (χ1n) is 7.39. The molecule has 4 nitrogen and oxygen atoms in total. The van der Waals surface area contributed by atoms with Crippen LogP contribution in [0, 0.1) is 0 Å². The number of nitrogens with zero attached hydrogens (tertiary/aromatic N) is 1. The molecule has 3 rings (SSSR count). The van der Waals surface area contributed by atoms with Gasteiger partial charge in [-0.1, -0.05) is 18.2 Å². The first-order chi connectivity index (χ1) is 11.3. The van der Waals surface area contributed by atoms with Gasteiger partial charge in [-0.2, -0.15) is 0 Å². The highest BCUT2D eigenvalue weighted by molar-refractivity contribution is 5.38. The van der Waals surface area contributed by atoms with Crippen molar-refractivity contribution < 1.29 is 9.47 Å². The number of aromatic nitrogens is 1. The lowest BCUT2D eigenvalue weighted by Gasteiger charge is -2.08. The van der Waals surface area contributed by atoms with E-state index in [1.807, 2.05) is 66.7 Å². The van der Waals surface area contributed by atoms with Crippen molar-refractivity contribution in [2.75, 3.05) is 12.4 Å². The number of hydrogen-bond acceptors (Lipinski definition) is 4. The summed E-state index contributed by atoms with van der Waals surface area (Å²) in [7, 11) is 1.65. The van der Waals surface area contributed by atoms with Crippen LogP contribution in [0.25, 0.3) is 0 Å². The summed E-state index contributed by atoms with van der Waals surface area (Å²) in [6.45, 7) is 0.722. The Kier molecular flexibility index (Phi) is 4.74. The van der Waals surface area contributed by atoms with E-state index in [4.69, 9.17) is 9.47 Å². The van der Waals surface area contributed by atoms with Gasteiger partial charge in [-0.3, -0.25) is 0 Å². The summed E-state index contributed by atoms with van der Waals surface area (Å²) in [4.78, 5) is 4.24. The molecule has 0 aliphatic rings. The molecular weight excluding hydrogens is 288 g/mol. The molecular formula is C19H18N2O2. The van der Waals surface area contributed by atoms with Crippen molar-refractivity contribution in [1.82, 2.24) is 4.98 Å². The van der Waals surface area contributed by atoms with E-state index in [0.717, 1.165) is 35.2 Å². The predicted octanol–water partition coefficient (Wildman–Crippen LogP) is 4.49. The van der Waals surface area contributed by atoms with Crippen molar-refractivity contribution >= 4 is 5.82 Å². The van der Waals surface area contributed by atoms with E-state index in [2.05, 4.69) is 10.3 Å². The van der Waals surface area contributed by atoms with Gasteiger partial charge in [0.05, 0.1) is 7.11 Å². The smallest absolute Gasteiger partial charge is 0.127 e. The van der Waals surface area contributed by atoms with E-state index in [0.29, 0.717) is 0 Å². The van der Waals surface area contributed by atoms with Crippen LogP contribution in [0.3, 0.4) is 0 Å². The zero-order valence-electron chi connectivity index (χ0n) is 12.9. The molecule has 0 saturated carbocycles. The van der Waals surface area contributed by atoms with Crippen LogP contribution >= 0.6 is 0 Å². The van der Waals surface area contributed by atoms with Crippen molar-refractivity contribution in [3.05, 3.63) is 78.5 Å². The Labute approximate surface area is 135 Å². The largest absolute Gasteiger partial charge is 0.497 e. The Bertz CT molecular complexity index is 726. The minimum atomic E-state index is 0.722. The van der Waals surface area contributed by atoms with Crippen LogP contribution in [-0.2, 0) is 6.54 Å². The summed E-state index contributed by atoms with van der Waals surface area (Å²) in [5, 5.41) is 3.28. The molecule has 0 aliphatic carbocycles. The van der Waals surface area contributed by atoms with Crippen molar-refractivity contribution in [1.29, 1.82) is 0 Å². The summed E-state index contributed by atoms with van der Waals surface area (Å²) in [5.41, 5.74) is 1.16. The molecule has 0 aliphatic heterocycles. The molecule has 3 aromatic rings. The van der Waals surface area contributed by atoms with Gasteiger partial charge in [0.15, 0.2) is 0 Å². The van der Waals surface area contributed by atoms with Gasteiger partial charge in [-0.25, -0.2) is 4.98 Å². The lowest BCUT2D eigenvalue weighted by atomic mass is 10.2. The van der Waals surface area contributed by atoms with E-state index >= 15 is 0 Å². The molecule has 0 spiro atoms. The topological polar surface area (TPSA) is 43.4 Å². The predicted molar refractivity (Wildman–Crippen MR) is 91.1 cm³/mol. The molecule has 0 atom stereocenters. The maximum atomic E-state index is 5.81. The summed E-state index contributed by atoms with van der Waals surface area (Å²) in [5.74, 6) is 3.27. The zero-order valence-corrected chi connectivity index (χ0v) is 12.9. The van der Waals surface area contributed by atoms with Crippen molar-refractivity contribution in [3.8, 4) is 17.2 Å². The average Bonchev–Trinajstić information content (AvgIpc) is 2.63. The van der Waals surface area contributed by atoms with Gasteiger partial charge in [0, 0.05) is 12.7 Å². The maximum Gasteiger partial charge on any atom is 0.127 e. The third kappa shape index (κ3) is 4.23. The third-order valence-corrected chi connectivity index (χ3v) is 3.36. The number of anilines is 1. The quantitative estimate of drug-likeness (QED) is 0.728.